The standard InChI is InChI=1S/C28H32N2O4S/c1-33-23-13-7-10-20(17-23)27(28(32)29-22-11-4-5-12-22)30(26(31)18-24-14-8-16-35-24)19-21-9-3-6-15-25(21)34-2/h3,6-10,13-17,22,27H,4-5,11-12,18-19H2,1-2H3,(H,29,32)/t27-/m0/s1. The quantitative estimate of drug-likeness (QED) is 0.426. The van der Waals surface area contributed by atoms with Crippen LogP contribution < -0.4 is 14.8 Å². The van der Waals surface area contributed by atoms with E-state index in [4.69, 9.17) is 9.47 Å². The Balaban J connectivity index is 1.74. The molecular formula is C28H32N2O4S. The van der Waals surface area contributed by atoms with Crippen LogP contribution in [0.25, 0.3) is 0 Å². The number of nitrogens with zero attached hydrogens (tertiary/aromatic N) is 1. The molecule has 35 heavy (non-hydrogen) atoms. The second-order valence-corrected chi connectivity index (χ2v) is 9.79. The number of ether oxygens (including phenoxy) is 2. The van der Waals surface area contributed by atoms with Crippen LogP contribution in [0.5, 0.6) is 11.5 Å². The van der Waals surface area contributed by atoms with Crippen LogP contribution in [0.15, 0.2) is 66.0 Å². The summed E-state index contributed by atoms with van der Waals surface area (Å²) in [5.74, 6) is 1.04. The number of amides is 2. The Morgan fingerprint density at radius 3 is 2.54 bits per heavy atom. The lowest BCUT2D eigenvalue weighted by molar-refractivity contribution is -0.141. The van der Waals surface area contributed by atoms with Gasteiger partial charge in [0.15, 0.2) is 0 Å². The minimum Gasteiger partial charge on any atom is -0.497 e. The normalized spacial score (nSPS) is 14.3. The summed E-state index contributed by atoms with van der Waals surface area (Å²) in [5.41, 5.74) is 1.56. The molecule has 2 aromatic carbocycles. The third-order valence-corrected chi connectivity index (χ3v) is 7.31. The molecule has 184 valence electrons. The lowest BCUT2D eigenvalue weighted by atomic mass is 10.0. The van der Waals surface area contributed by atoms with E-state index in [1.165, 1.54) is 11.3 Å². The highest BCUT2D eigenvalue weighted by molar-refractivity contribution is 7.10. The van der Waals surface area contributed by atoms with Gasteiger partial charge in [-0.25, -0.2) is 0 Å². The Morgan fingerprint density at radius 2 is 1.83 bits per heavy atom. The molecule has 3 aromatic rings. The summed E-state index contributed by atoms with van der Waals surface area (Å²) < 4.78 is 11.0. The van der Waals surface area contributed by atoms with Crippen molar-refractivity contribution in [2.75, 3.05) is 14.2 Å². The molecule has 1 aromatic heterocycles. The van der Waals surface area contributed by atoms with Gasteiger partial charge in [0.2, 0.25) is 11.8 Å². The first-order chi connectivity index (χ1) is 17.1. The molecule has 1 fully saturated rings. The second kappa shape index (κ2) is 11.9. The fraction of sp³-hybridized carbons (Fsp3) is 0.357. The summed E-state index contributed by atoms with van der Waals surface area (Å²) in [6, 6.07) is 18.3. The zero-order valence-electron chi connectivity index (χ0n) is 20.2. The van der Waals surface area contributed by atoms with Gasteiger partial charge in [0.25, 0.3) is 0 Å². The minimum atomic E-state index is -0.803. The third kappa shape index (κ3) is 6.22. The fourth-order valence-corrected chi connectivity index (χ4v) is 5.33. The maximum atomic E-state index is 13.8. The van der Waals surface area contributed by atoms with Crippen molar-refractivity contribution in [1.82, 2.24) is 10.2 Å². The number of hydrogen-bond acceptors (Lipinski definition) is 5. The molecule has 1 atom stereocenters. The summed E-state index contributed by atoms with van der Waals surface area (Å²) in [6.07, 6.45) is 4.37. The molecular weight excluding hydrogens is 460 g/mol. The topological polar surface area (TPSA) is 67.9 Å². The van der Waals surface area contributed by atoms with Gasteiger partial charge in [-0.3, -0.25) is 9.59 Å². The first kappa shape index (κ1) is 24.8. The molecule has 0 saturated heterocycles. The van der Waals surface area contributed by atoms with Gasteiger partial charge >= 0.3 is 0 Å². The number of carbonyl (C=O) groups excluding carboxylic acids is 2. The molecule has 6 nitrogen and oxygen atoms in total. The van der Waals surface area contributed by atoms with E-state index in [9.17, 15) is 9.59 Å². The lowest BCUT2D eigenvalue weighted by Gasteiger charge is -2.33. The van der Waals surface area contributed by atoms with Crippen LogP contribution in [-0.4, -0.2) is 37.0 Å². The van der Waals surface area contributed by atoms with Gasteiger partial charge in [-0.15, -0.1) is 11.3 Å². The predicted octanol–water partition coefficient (Wildman–Crippen LogP) is 5.14. The zero-order chi connectivity index (χ0) is 24.6. The molecule has 1 aliphatic carbocycles. The Hall–Kier alpha value is -3.32. The number of hydrogen-bond donors (Lipinski definition) is 1. The molecule has 4 rings (SSSR count). The predicted molar refractivity (Wildman–Crippen MR) is 138 cm³/mol. The molecule has 0 radical (unpaired) electrons. The van der Waals surface area contributed by atoms with Crippen molar-refractivity contribution in [2.45, 2.75) is 50.7 Å². The Labute approximate surface area is 210 Å². The number of carbonyl (C=O) groups is 2. The number of thiophene rings is 1. The molecule has 1 saturated carbocycles. The number of nitrogens with one attached hydrogen (secondary N) is 1. The highest BCUT2D eigenvalue weighted by Gasteiger charge is 2.34. The maximum Gasteiger partial charge on any atom is 0.247 e. The molecule has 0 aliphatic heterocycles. The van der Waals surface area contributed by atoms with E-state index in [2.05, 4.69) is 5.32 Å². The molecule has 7 heteroatoms. The van der Waals surface area contributed by atoms with Crippen LogP contribution in [0.2, 0.25) is 0 Å². The molecule has 2 amide bonds. The van der Waals surface area contributed by atoms with Gasteiger partial charge < -0.3 is 19.7 Å². The monoisotopic (exact) mass is 492 g/mol. The van der Waals surface area contributed by atoms with Crippen molar-refractivity contribution >= 4 is 23.2 Å². The lowest BCUT2D eigenvalue weighted by Crippen LogP contribution is -2.46. The van der Waals surface area contributed by atoms with Crippen LogP contribution in [0.4, 0.5) is 0 Å². The summed E-state index contributed by atoms with van der Waals surface area (Å²) >= 11 is 1.54. The van der Waals surface area contributed by atoms with E-state index in [0.29, 0.717) is 17.1 Å². The van der Waals surface area contributed by atoms with Gasteiger partial charge in [-0.1, -0.05) is 49.2 Å². The Kier molecular flexibility index (Phi) is 8.42. The van der Waals surface area contributed by atoms with Crippen molar-refractivity contribution in [1.29, 1.82) is 0 Å². The van der Waals surface area contributed by atoms with Crippen LogP contribution in [0.1, 0.15) is 47.7 Å². The van der Waals surface area contributed by atoms with Gasteiger partial charge in [0.1, 0.15) is 17.5 Å². The van der Waals surface area contributed by atoms with Gasteiger partial charge in [-0.05, 0) is 48.1 Å². The Morgan fingerprint density at radius 1 is 1.03 bits per heavy atom. The van der Waals surface area contributed by atoms with Gasteiger partial charge in [0, 0.05) is 16.5 Å². The van der Waals surface area contributed by atoms with E-state index in [1.807, 2.05) is 66.0 Å². The van der Waals surface area contributed by atoms with Crippen molar-refractivity contribution in [2.24, 2.45) is 0 Å². The number of para-hydroxylation sites is 1. The first-order valence-corrected chi connectivity index (χ1v) is 12.8. The average molecular weight is 493 g/mol. The van der Waals surface area contributed by atoms with E-state index < -0.39 is 6.04 Å². The molecule has 1 heterocycles. The summed E-state index contributed by atoms with van der Waals surface area (Å²) in [7, 11) is 3.21. The van der Waals surface area contributed by atoms with Crippen molar-refractivity contribution in [3.63, 3.8) is 0 Å². The minimum absolute atomic E-state index is 0.118. The van der Waals surface area contributed by atoms with E-state index in [1.54, 1.807) is 19.1 Å². The summed E-state index contributed by atoms with van der Waals surface area (Å²) in [4.78, 5) is 30.3. The SMILES string of the molecule is COc1cccc([C@@H](C(=O)NC2CCCC2)N(Cc2ccccc2OC)C(=O)Cc2cccs2)c1. The smallest absolute Gasteiger partial charge is 0.247 e. The van der Waals surface area contributed by atoms with Crippen LogP contribution in [-0.2, 0) is 22.6 Å². The largest absolute Gasteiger partial charge is 0.497 e. The molecule has 1 N–H and O–H groups in total. The summed E-state index contributed by atoms with van der Waals surface area (Å²) in [6.45, 7) is 0.244. The highest BCUT2D eigenvalue weighted by Crippen LogP contribution is 2.31. The average Bonchev–Trinajstić information content (AvgIpc) is 3.58. The number of methoxy groups -OCH3 is 2. The molecule has 0 spiro atoms. The van der Waals surface area contributed by atoms with Crippen molar-refractivity contribution < 1.29 is 19.1 Å². The van der Waals surface area contributed by atoms with E-state index in [-0.39, 0.29) is 30.8 Å². The van der Waals surface area contributed by atoms with E-state index >= 15 is 0 Å². The highest BCUT2D eigenvalue weighted by atomic mass is 32.1. The Bertz CT molecular complexity index is 1130. The van der Waals surface area contributed by atoms with Crippen molar-refractivity contribution in [3.8, 4) is 11.5 Å². The second-order valence-electron chi connectivity index (χ2n) is 8.76. The molecule has 1 aliphatic rings. The third-order valence-electron chi connectivity index (χ3n) is 6.43. The molecule has 0 bridgehead atoms. The van der Waals surface area contributed by atoms with Gasteiger partial charge in [0.05, 0.1) is 27.2 Å². The fourth-order valence-electron chi connectivity index (χ4n) is 4.64. The van der Waals surface area contributed by atoms with Crippen LogP contribution in [0.3, 0.4) is 0 Å². The zero-order valence-corrected chi connectivity index (χ0v) is 21.1. The maximum absolute atomic E-state index is 13.8. The van der Waals surface area contributed by atoms with Crippen molar-refractivity contribution in [3.05, 3.63) is 82.0 Å². The van der Waals surface area contributed by atoms with Crippen LogP contribution >= 0.6 is 11.3 Å². The summed E-state index contributed by atoms with van der Waals surface area (Å²) in [5, 5.41) is 5.18. The van der Waals surface area contributed by atoms with Gasteiger partial charge in [-0.2, -0.15) is 0 Å². The molecule has 0 unspecified atom stereocenters. The number of rotatable bonds is 10. The van der Waals surface area contributed by atoms with E-state index in [0.717, 1.165) is 36.1 Å². The van der Waals surface area contributed by atoms with Crippen LogP contribution in [0, 0.1) is 0 Å². The number of benzene rings is 2. The first-order valence-electron chi connectivity index (χ1n) is 12.0.